The fraction of sp³-hybridized carbons (Fsp3) is 0.214. The van der Waals surface area contributed by atoms with E-state index in [1.165, 1.54) is 6.07 Å². The number of benzene rings is 3. The molecule has 0 aromatic heterocycles. The number of ether oxygens (including phenoxy) is 2. The van der Waals surface area contributed by atoms with E-state index in [2.05, 4.69) is 10.2 Å². The molecule has 2 N–H and O–H groups in total. The summed E-state index contributed by atoms with van der Waals surface area (Å²) in [6.07, 6.45) is 1.86. The summed E-state index contributed by atoms with van der Waals surface area (Å²) < 4.78 is 11.6. The molecular weight excluding hydrogens is 442 g/mol. The Morgan fingerprint density at radius 3 is 2.63 bits per heavy atom. The number of hydrogen-bond donors (Lipinski definition) is 2. The Morgan fingerprint density at radius 1 is 1.03 bits per heavy atom. The molecule has 0 bridgehead atoms. The van der Waals surface area contributed by atoms with E-state index in [1.54, 1.807) is 12.1 Å². The third-order valence-corrected chi connectivity index (χ3v) is 6.22. The molecule has 0 unspecified atom stereocenters. The van der Waals surface area contributed by atoms with E-state index in [0.29, 0.717) is 29.2 Å². The van der Waals surface area contributed by atoms with Crippen molar-refractivity contribution in [2.45, 2.75) is 0 Å². The van der Waals surface area contributed by atoms with Crippen molar-refractivity contribution >= 4 is 17.6 Å². The highest BCUT2D eigenvalue weighted by atomic mass is 16.5. The minimum atomic E-state index is -0.163. The molecule has 1 amide bonds. The van der Waals surface area contributed by atoms with Gasteiger partial charge in [-0.3, -0.25) is 9.69 Å². The quantitative estimate of drug-likeness (QED) is 0.589. The Balaban J connectivity index is 1.45. The number of nitrogens with zero attached hydrogens (tertiary/aromatic N) is 2. The van der Waals surface area contributed by atoms with Crippen molar-refractivity contribution in [3.8, 4) is 34.4 Å². The first kappa shape index (κ1) is 22.7. The van der Waals surface area contributed by atoms with Crippen LogP contribution < -0.4 is 10.1 Å². The van der Waals surface area contributed by atoms with Crippen molar-refractivity contribution in [2.75, 3.05) is 39.4 Å². The van der Waals surface area contributed by atoms with E-state index in [-0.39, 0.29) is 17.2 Å². The molecule has 35 heavy (non-hydrogen) atoms. The molecule has 2 aliphatic rings. The van der Waals surface area contributed by atoms with Crippen molar-refractivity contribution in [2.24, 2.45) is 0 Å². The number of amides is 1. The molecule has 0 radical (unpaired) electrons. The second-order valence-corrected chi connectivity index (χ2v) is 8.46. The first-order valence-electron chi connectivity index (χ1n) is 11.6. The van der Waals surface area contributed by atoms with Crippen molar-refractivity contribution < 1.29 is 19.4 Å². The molecule has 7 heteroatoms. The lowest BCUT2D eigenvalue weighted by Crippen LogP contribution is -2.41. The number of hydrogen-bond acceptors (Lipinski definition) is 6. The Hall–Kier alpha value is -4.12. The number of nitrogens with one attached hydrogen (secondary N) is 1. The number of carbonyl (C=O) groups excluding carboxylic acids is 1. The fourth-order valence-electron chi connectivity index (χ4n) is 4.29. The van der Waals surface area contributed by atoms with Crippen LogP contribution in [0.2, 0.25) is 0 Å². The van der Waals surface area contributed by atoms with Gasteiger partial charge in [0.2, 0.25) is 0 Å². The van der Waals surface area contributed by atoms with Crippen LogP contribution in [0.25, 0.3) is 22.8 Å². The summed E-state index contributed by atoms with van der Waals surface area (Å²) in [7, 11) is 0. The van der Waals surface area contributed by atoms with Crippen LogP contribution in [0.15, 0.2) is 60.7 Å². The van der Waals surface area contributed by atoms with Gasteiger partial charge in [0.25, 0.3) is 5.91 Å². The van der Waals surface area contributed by atoms with Gasteiger partial charge in [0.05, 0.1) is 24.4 Å². The molecule has 2 aliphatic heterocycles. The number of phenols is 1. The van der Waals surface area contributed by atoms with Crippen LogP contribution in [0.1, 0.15) is 16.7 Å². The zero-order valence-electron chi connectivity index (χ0n) is 19.2. The average Bonchev–Trinajstić information content (AvgIpc) is 3.06. The summed E-state index contributed by atoms with van der Waals surface area (Å²) in [6.45, 7) is 4.49. The van der Waals surface area contributed by atoms with Gasteiger partial charge in [0.15, 0.2) is 0 Å². The van der Waals surface area contributed by atoms with Gasteiger partial charge >= 0.3 is 0 Å². The molecule has 176 valence electrons. The van der Waals surface area contributed by atoms with E-state index in [4.69, 9.17) is 9.47 Å². The van der Waals surface area contributed by atoms with Crippen LogP contribution in [0.4, 0.5) is 0 Å². The minimum absolute atomic E-state index is 0.0600. The average molecular weight is 468 g/mol. The first-order chi connectivity index (χ1) is 17.1. The molecule has 5 rings (SSSR count). The Labute approximate surface area is 203 Å². The molecule has 2 heterocycles. The second-order valence-electron chi connectivity index (χ2n) is 8.46. The van der Waals surface area contributed by atoms with Crippen LogP contribution in [0.5, 0.6) is 17.2 Å². The highest BCUT2D eigenvalue weighted by Crippen LogP contribution is 2.40. The number of phenolic OH excluding ortho intramolecular Hbond substituents is 1. The van der Waals surface area contributed by atoms with Crippen LogP contribution in [0, 0.1) is 11.3 Å². The number of carbonyl (C=O) groups is 1. The lowest BCUT2D eigenvalue weighted by atomic mass is 9.97. The summed E-state index contributed by atoms with van der Waals surface area (Å²) in [5.41, 5.74) is 3.81. The summed E-state index contributed by atoms with van der Waals surface area (Å²) >= 11 is 0. The number of nitriles is 1. The Bertz CT molecular complexity index is 1340. The molecule has 1 fully saturated rings. The van der Waals surface area contributed by atoms with Gasteiger partial charge in [-0.25, -0.2) is 0 Å². The third-order valence-electron chi connectivity index (χ3n) is 6.22. The molecule has 7 nitrogen and oxygen atoms in total. The van der Waals surface area contributed by atoms with E-state index >= 15 is 0 Å². The van der Waals surface area contributed by atoms with Gasteiger partial charge in [0.1, 0.15) is 23.3 Å². The standard InChI is InChI=1S/C28H25N3O4/c29-18-22-15-19(6-8-25(22)32)20-5-7-23-24(28(33)30-9-10-31-11-13-34-14-12-31)16-21-3-1-2-4-26(21)35-27(23)17-20/h1-8,15-17,32H,9-14H2,(H,30,33). The van der Waals surface area contributed by atoms with Crippen LogP contribution in [-0.4, -0.2) is 55.3 Å². The van der Waals surface area contributed by atoms with E-state index in [9.17, 15) is 15.2 Å². The monoisotopic (exact) mass is 467 g/mol. The predicted octanol–water partition coefficient (Wildman–Crippen LogP) is 4.03. The van der Waals surface area contributed by atoms with Crippen molar-refractivity contribution in [1.29, 1.82) is 5.26 Å². The first-order valence-corrected chi connectivity index (χ1v) is 11.6. The Kier molecular flexibility index (Phi) is 6.49. The topological polar surface area (TPSA) is 94.8 Å². The lowest BCUT2D eigenvalue weighted by Gasteiger charge is -2.26. The van der Waals surface area contributed by atoms with Gasteiger partial charge in [0, 0.05) is 37.3 Å². The van der Waals surface area contributed by atoms with Crippen molar-refractivity contribution in [3.63, 3.8) is 0 Å². The number of fused-ring (bicyclic) bond motifs is 2. The number of rotatable bonds is 5. The molecule has 0 aliphatic carbocycles. The maximum Gasteiger partial charge on any atom is 0.252 e. The number of morpholine rings is 1. The fourth-order valence-corrected chi connectivity index (χ4v) is 4.29. The van der Waals surface area contributed by atoms with E-state index in [0.717, 1.165) is 49.5 Å². The van der Waals surface area contributed by atoms with Crippen LogP contribution in [-0.2, 0) is 9.53 Å². The van der Waals surface area contributed by atoms with Gasteiger partial charge in [-0.2, -0.15) is 5.26 Å². The molecular formula is C28H25N3O4. The number of aromatic hydroxyl groups is 1. The third kappa shape index (κ3) is 4.90. The van der Waals surface area contributed by atoms with Crippen molar-refractivity contribution in [1.82, 2.24) is 10.2 Å². The molecule has 3 aromatic carbocycles. The molecule has 0 saturated carbocycles. The van der Waals surface area contributed by atoms with Crippen LogP contribution in [0.3, 0.4) is 0 Å². The van der Waals surface area contributed by atoms with Gasteiger partial charge < -0.3 is 19.9 Å². The zero-order valence-corrected chi connectivity index (χ0v) is 19.2. The second kappa shape index (κ2) is 10.0. The minimum Gasteiger partial charge on any atom is -0.507 e. The normalized spacial score (nSPS) is 15.0. The summed E-state index contributed by atoms with van der Waals surface area (Å²) in [4.78, 5) is 15.6. The van der Waals surface area contributed by atoms with E-state index in [1.807, 2.05) is 54.6 Å². The molecule has 0 spiro atoms. The molecule has 0 atom stereocenters. The molecule has 3 aromatic rings. The van der Waals surface area contributed by atoms with Gasteiger partial charge in [-0.1, -0.05) is 30.3 Å². The van der Waals surface area contributed by atoms with Gasteiger partial charge in [-0.05, 0) is 47.5 Å². The maximum absolute atomic E-state index is 13.3. The lowest BCUT2D eigenvalue weighted by molar-refractivity contribution is -0.115. The maximum atomic E-state index is 13.3. The smallest absolute Gasteiger partial charge is 0.252 e. The number of para-hydroxylation sites is 1. The summed E-state index contributed by atoms with van der Waals surface area (Å²) in [5.74, 6) is 0.984. The summed E-state index contributed by atoms with van der Waals surface area (Å²) in [6, 6.07) is 20.1. The van der Waals surface area contributed by atoms with Crippen molar-refractivity contribution in [3.05, 3.63) is 77.4 Å². The summed E-state index contributed by atoms with van der Waals surface area (Å²) in [5, 5.41) is 22.2. The SMILES string of the molecule is N#Cc1cc(-c2ccc3c(c2)Oc2ccccc2C=C3C(=O)NCCN2CCOCC2)ccc1O. The largest absolute Gasteiger partial charge is 0.507 e. The highest BCUT2D eigenvalue weighted by Gasteiger charge is 2.22. The highest BCUT2D eigenvalue weighted by molar-refractivity contribution is 6.25. The van der Waals surface area contributed by atoms with Crippen LogP contribution >= 0.6 is 0 Å². The molecule has 1 saturated heterocycles. The van der Waals surface area contributed by atoms with E-state index < -0.39 is 0 Å². The zero-order chi connectivity index (χ0) is 24.2. The predicted molar refractivity (Wildman–Crippen MR) is 133 cm³/mol. The van der Waals surface area contributed by atoms with Gasteiger partial charge in [-0.15, -0.1) is 0 Å². The Morgan fingerprint density at radius 2 is 1.80 bits per heavy atom.